The van der Waals surface area contributed by atoms with E-state index in [0.717, 1.165) is 26.9 Å². The fourth-order valence-corrected chi connectivity index (χ4v) is 5.51. The highest BCUT2D eigenvalue weighted by atomic mass is 32.1. The summed E-state index contributed by atoms with van der Waals surface area (Å²) < 4.78 is 1.15. The number of hydrogen-bond donors (Lipinski definition) is 4. The zero-order chi connectivity index (χ0) is 27.4. The second kappa shape index (κ2) is 11.6. The van der Waals surface area contributed by atoms with Gasteiger partial charge in [-0.3, -0.25) is 4.79 Å². The standard InChI is InChI=1S/C30H31N5O3S/c1-19(2)31-29(37)32-23-8-5-6-20(16-23)18-35-26-9-4-3-7-21(26)10-12-25(28(35)36)34-30(38)33-24-11-13-27-22(17-24)14-15-39-27/h3-9,11,13-17,19,25H,10,12,18H2,1-2H3,(H2,31,32,37)(H2,33,34,38). The average molecular weight is 542 g/mol. The first-order valence-corrected chi connectivity index (χ1v) is 13.8. The van der Waals surface area contributed by atoms with Crippen LogP contribution < -0.4 is 26.2 Å². The van der Waals surface area contributed by atoms with Crippen LogP contribution in [-0.2, 0) is 17.8 Å². The molecule has 200 valence electrons. The lowest BCUT2D eigenvalue weighted by Crippen LogP contribution is -2.49. The van der Waals surface area contributed by atoms with E-state index in [2.05, 4.69) is 21.3 Å². The fourth-order valence-electron chi connectivity index (χ4n) is 4.74. The number of rotatable bonds is 6. The number of carbonyl (C=O) groups is 3. The number of urea groups is 2. The van der Waals surface area contributed by atoms with E-state index in [-0.39, 0.29) is 18.0 Å². The molecule has 0 spiro atoms. The molecular formula is C30H31N5O3S. The fraction of sp³-hybridized carbons (Fsp3) is 0.233. The number of aryl methyl sites for hydroxylation is 1. The van der Waals surface area contributed by atoms with Crippen LogP contribution in [0, 0.1) is 0 Å². The van der Waals surface area contributed by atoms with Crippen LogP contribution >= 0.6 is 11.3 Å². The summed E-state index contributed by atoms with van der Waals surface area (Å²) in [6.07, 6.45) is 1.14. The Morgan fingerprint density at radius 1 is 0.949 bits per heavy atom. The number of nitrogens with zero attached hydrogens (tertiary/aromatic N) is 1. The third-order valence-corrected chi connectivity index (χ3v) is 7.41. The van der Waals surface area contributed by atoms with Crippen molar-refractivity contribution in [1.29, 1.82) is 0 Å². The van der Waals surface area contributed by atoms with Crippen LogP contribution in [0.1, 0.15) is 31.4 Å². The molecule has 0 radical (unpaired) electrons. The number of thiophene rings is 1. The summed E-state index contributed by atoms with van der Waals surface area (Å²) in [5.74, 6) is -0.181. The number of benzene rings is 3. The Morgan fingerprint density at radius 2 is 1.74 bits per heavy atom. The lowest BCUT2D eigenvalue weighted by atomic mass is 10.1. The van der Waals surface area contributed by atoms with Gasteiger partial charge < -0.3 is 26.2 Å². The second-order valence-corrected chi connectivity index (χ2v) is 10.8. The van der Waals surface area contributed by atoms with Gasteiger partial charge in [0.15, 0.2) is 0 Å². The van der Waals surface area contributed by atoms with Crippen molar-refractivity contribution >= 4 is 56.5 Å². The molecule has 0 aliphatic carbocycles. The predicted octanol–water partition coefficient (Wildman–Crippen LogP) is 6.10. The molecule has 0 saturated carbocycles. The number of anilines is 3. The van der Waals surface area contributed by atoms with E-state index in [9.17, 15) is 14.4 Å². The molecule has 1 unspecified atom stereocenters. The molecule has 4 aromatic rings. The van der Waals surface area contributed by atoms with Crippen LogP contribution in [-0.4, -0.2) is 30.1 Å². The summed E-state index contributed by atoms with van der Waals surface area (Å²) in [6, 6.07) is 21.6. The van der Waals surface area contributed by atoms with Gasteiger partial charge in [0.25, 0.3) is 0 Å². The Balaban J connectivity index is 1.33. The number of para-hydroxylation sites is 1. The molecule has 39 heavy (non-hydrogen) atoms. The number of fused-ring (bicyclic) bond motifs is 2. The third-order valence-electron chi connectivity index (χ3n) is 6.51. The Morgan fingerprint density at radius 3 is 2.59 bits per heavy atom. The molecule has 4 N–H and O–H groups in total. The van der Waals surface area contributed by atoms with E-state index in [1.165, 1.54) is 0 Å². The topological polar surface area (TPSA) is 103 Å². The van der Waals surface area contributed by atoms with Crippen molar-refractivity contribution in [2.75, 3.05) is 15.5 Å². The van der Waals surface area contributed by atoms with Gasteiger partial charge in [0.05, 0.1) is 6.54 Å². The smallest absolute Gasteiger partial charge is 0.319 e. The predicted molar refractivity (Wildman–Crippen MR) is 157 cm³/mol. The Hall–Kier alpha value is -4.37. The van der Waals surface area contributed by atoms with Crippen LogP contribution in [0.2, 0.25) is 0 Å². The van der Waals surface area contributed by atoms with E-state index in [1.54, 1.807) is 16.2 Å². The van der Waals surface area contributed by atoms with Gasteiger partial charge in [0.1, 0.15) is 6.04 Å². The summed E-state index contributed by atoms with van der Waals surface area (Å²) in [5.41, 5.74) is 4.04. The largest absolute Gasteiger partial charge is 0.336 e. The van der Waals surface area contributed by atoms with Crippen LogP contribution in [0.5, 0.6) is 0 Å². The molecule has 8 nitrogen and oxygen atoms in total. The molecule has 3 aromatic carbocycles. The van der Waals surface area contributed by atoms with Crippen molar-refractivity contribution in [2.24, 2.45) is 0 Å². The van der Waals surface area contributed by atoms with Crippen molar-refractivity contribution in [2.45, 2.75) is 45.3 Å². The second-order valence-electron chi connectivity index (χ2n) is 9.87. The molecule has 1 aromatic heterocycles. The van der Waals surface area contributed by atoms with Crippen LogP contribution in [0.15, 0.2) is 78.2 Å². The van der Waals surface area contributed by atoms with Gasteiger partial charge in [0, 0.05) is 27.8 Å². The van der Waals surface area contributed by atoms with E-state index in [4.69, 9.17) is 0 Å². The van der Waals surface area contributed by atoms with Gasteiger partial charge in [0.2, 0.25) is 5.91 Å². The molecule has 2 heterocycles. The number of amides is 5. The maximum atomic E-state index is 13.8. The van der Waals surface area contributed by atoms with Crippen LogP contribution in [0.3, 0.4) is 0 Å². The quantitative estimate of drug-likeness (QED) is 0.237. The van der Waals surface area contributed by atoms with E-state index in [1.807, 2.05) is 92.0 Å². The molecule has 1 aliphatic heterocycles. The van der Waals surface area contributed by atoms with Gasteiger partial charge in [-0.25, -0.2) is 9.59 Å². The van der Waals surface area contributed by atoms with Crippen molar-refractivity contribution in [1.82, 2.24) is 10.6 Å². The van der Waals surface area contributed by atoms with Gasteiger partial charge in [-0.2, -0.15) is 0 Å². The van der Waals surface area contributed by atoms with Crippen molar-refractivity contribution < 1.29 is 14.4 Å². The van der Waals surface area contributed by atoms with Crippen molar-refractivity contribution in [3.05, 3.63) is 89.3 Å². The molecule has 5 amide bonds. The first kappa shape index (κ1) is 26.2. The molecule has 9 heteroatoms. The van der Waals surface area contributed by atoms with Crippen molar-refractivity contribution in [3.8, 4) is 0 Å². The molecule has 0 fully saturated rings. The minimum atomic E-state index is -0.694. The molecule has 5 rings (SSSR count). The Labute approximate surface area is 231 Å². The lowest BCUT2D eigenvalue weighted by Gasteiger charge is -2.26. The summed E-state index contributed by atoms with van der Waals surface area (Å²) in [4.78, 5) is 40.7. The lowest BCUT2D eigenvalue weighted by molar-refractivity contribution is -0.120. The normalized spacial score (nSPS) is 15.0. The molecule has 1 atom stereocenters. The first-order chi connectivity index (χ1) is 18.9. The minimum absolute atomic E-state index is 0.0135. The summed E-state index contributed by atoms with van der Waals surface area (Å²) in [5, 5.41) is 14.5. The summed E-state index contributed by atoms with van der Waals surface area (Å²) in [6.45, 7) is 4.09. The minimum Gasteiger partial charge on any atom is -0.336 e. The highest BCUT2D eigenvalue weighted by Crippen LogP contribution is 2.29. The highest BCUT2D eigenvalue weighted by Gasteiger charge is 2.31. The zero-order valence-corrected chi connectivity index (χ0v) is 22.7. The SMILES string of the molecule is CC(C)NC(=O)Nc1cccc(CN2C(=O)C(NC(=O)Nc3ccc4sccc4c3)CCc3ccccc32)c1. The van der Waals surface area contributed by atoms with Gasteiger partial charge in [-0.05, 0) is 91.0 Å². The Kier molecular flexibility index (Phi) is 7.79. The van der Waals surface area contributed by atoms with Crippen LogP contribution in [0.4, 0.5) is 26.7 Å². The summed E-state index contributed by atoms with van der Waals surface area (Å²) in [7, 11) is 0. The molecule has 1 aliphatic rings. The van der Waals surface area contributed by atoms with Crippen LogP contribution in [0.25, 0.3) is 10.1 Å². The van der Waals surface area contributed by atoms with Gasteiger partial charge in [-0.15, -0.1) is 11.3 Å². The zero-order valence-electron chi connectivity index (χ0n) is 21.9. The number of nitrogens with one attached hydrogen (secondary N) is 4. The molecule has 0 saturated heterocycles. The maximum Gasteiger partial charge on any atom is 0.319 e. The molecular weight excluding hydrogens is 510 g/mol. The summed E-state index contributed by atoms with van der Waals surface area (Å²) >= 11 is 1.64. The van der Waals surface area contributed by atoms with Gasteiger partial charge >= 0.3 is 12.1 Å². The first-order valence-electron chi connectivity index (χ1n) is 13.0. The number of hydrogen-bond acceptors (Lipinski definition) is 4. The average Bonchev–Trinajstić information content (AvgIpc) is 3.33. The Bertz CT molecular complexity index is 1520. The van der Waals surface area contributed by atoms with Gasteiger partial charge in [-0.1, -0.05) is 30.3 Å². The van der Waals surface area contributed by atoms with E-state index < -0.39 is 12.1 Å². The highest BCUT2D eigenvalue weighted by molar-refractivity contribution is 7.17. The number of carbonyl (C=O) groups excluding carboxylic acids is 3. The third kappa shape index (κ3) is 6.38. The van der Waals surface area contributed by atoms with E-state index >= 15 is 0 Å². The van der Waals surface area contributed by atoms with Crippen molar-refractivity contribution in [3.63, 3.8) is 0 Å². The van der Waals surface area contributed by atoms with E-state index in [0.29, 0.717) is 30.8 Å². The monoisotopic (exact) mass is 541 g/mol. The molecule has 0 bridgehead atoms. The maximum absolute atomic E-state index is 13.8.